The summed E-state index contributed by atoms with van der Waals surface area (Å²) in [5.41, 5.74) is 3.04. The van der Waals surface area contributed by atoms with E-state index >= 15 is 0 Å². The number of nitrogens with one attached hydrogen (secondary N) is 2. The van der Waals surface area contributed by atoms with Crippen LogP contribution in [0.25, 0.3) is 0 Å². The molecule has 0 atom stereocenters. The van der Waals surface area contributed by atoms with Crippen molar-refractivity contribution in [1.29, 1.82) is 0 Å². The van der Waals surface area contributed by atoms with Crippen LogP contribution >= 0.6 is 27.5 Å². The molecule has 8 heteroatoms. The lowest BCUT2D eigenvalue weighted by Gasteiger charge is -2.07. The largest absolute Gasteiger partial charge is 0.480 e. The summed E-state index contributed by atoms with van der Waals surface area (Å²) in [6.45, 7) is 0.0923. The SMILES string of the molecule is C#CCOc1ccc(Br)cc1/C=N/NC(=O)C(=O)Nc1ccccc1Cl. The van der Waals surface area contributed by atoms with Crippen LogP contribution in [0.4, 0.5) is 5.69 Å². The van der Waals surface area contributed by atoms with Gasteiger partial charge in [-0.1, -0.05) is 45.6 Å². The van der Waals surface area contributed by atoms with Crippen molar-refractivity contribution in [2.45, 2.75) is 0 Å². The Morgan fingerprint density at radius 2 is 2.04 bits per heavy atom. The lowest BCUT2D eigenvalue weighted by Crippen LogP contribution is -2.32. The summed E-state index contributed by atoms with van der Waals surface area (Å²) in [4.78, 5) is 23.7. The third kappa shape index (κ3) is 5.62. The Balaban J connectivity index is 2.00. The molecule has 132 valence electrons. The second kappa shape index (κ2) is 9.61. The Morgan fingerprint density at radius 1 is 1.27 bits per heavy atom. The minimum atomic E-state index is -0.942. The van der Waals surface area contributed by atoms with Gasteiger partial charge in [0.2, 0.25) is 0 Å². The number of nitrogens with zero attached hydrogens (tertiary/aromatic N) is 1. The van der Waals surface area contributed by atoms with E-state index in [9.17, 15) is 9.59 Å². The van der Waals surface area contributed by atoms with Crippen molar-refractivity contribution < 1.29 is 14.3 Å². The second-order valence-corrected chi connectivity index (χ2v) is 6.13. The molecule has 0 radical (unpaired) electrons. The molecule has 0 fully saturated rings. The Kier molecular flexibility index (Phi) is 7.21. The van der Waals surface area contributed by atoms with E-state index in [1.54, 1.807) is 42.5 Å². The fourth-order valence-electron chi connectivity index (χ4n) is 1.82. The van der Waals surface area contributed by atoms with Crippen LogP contribution in [-0.2, 0) is 9.59 Å². The smallest absolute Gasteiger partial charge is 0.329 e. The second-order valence-electron chi connectivity index (χ2n) is 4.81. The number of carbonyl (C=O) groups is 2. The van der Waals surface area contributed by atoms with Crippen LogP contribution in [0, 0.1) is 12.3 Å². The summed E-state index contributed by atoms with van der Waals surface area (Å²) in [5.74, 6) is 1.02. The van der Waals surface area contributed by atoms with Gasteiger partial charge in [0.25, 0.3) is 0 Å². The monoisotopic (exact) mass is 433 g/mol. The van der Waals surface area contributed by atoms with Crippen LogP contribution in [0.2, 0.25) is 5.02 Å². The molecule has 6 nitrogen and oxygen atoms in total. The van der Waals surface area contributed by atoms with Crippen molar-refractivity contribution in [3.8, 4) is 18.1 Å². The Hall–Kier alpha value is -2.82. The maximum atomic E-state index is 11.9. The molecular formula is C18H13BrClN3O3. The van der Waals surface area contributed by atoms with Crippen molar-refractivity contribution in [3.05, 3.63) is 57.5 Å². The van der Waals surface area contributed by atoms with Crippen molar-refractivity contribution in [3.63, 3.8) is 0 Å². The quantitative estimate of drug-likeness (QED) is 0.328. The molecule has 0 saturated carbocycles. The van der Waals surface area contributed by atoms with Crippen molar-refractivity contribution >= 4 is 51.2 Å². The number of hydrazone groups is 1. The van der Waals surface area contributed by atoms with Gasteiger partial charge < -0.3 is 10.1 Å². The van der Waals surface area contributed by atoms with Crippen molar-refractivity contribution in [2.24, 2.45) is 5.10 Å². The average molecular weight is 435 g/mol. The number of amides is 2. The van der Waals surface area contributed by atoms with Crippen molar-refractivity contribution in [1.82, 2.24) is 5.43 Å². The van der Waals surface area contributed by atoms with Crippen LogP contribution in [-0.4, -0.2) is 24.6 Å². The van der Waals surface area contributed by atoms with Crippen LogP contribution in [0.15, 0.2) is 52.0 Å². The van der Waals surface area contributed by atoms with Gasteiger partial charge in [0.05, 0.1) is 16.9 Å². The van der Waals surface area contributed by atoms with Crippen molar-refractivity contribution in [2.75, 3.05) is 11.9 Å². The van der Waals surface area contributed by atoms with Gasteiger partial charge in [-0.05, 0) is 30.3 Å². The topological polar surface area (TPSA) is 79.8 Å². The molecule has 0 saturated heterocycles. The summed E-state index contributed by atoms with van der Waals surface area (Å²) in [5, 5.41) is 6.48. The standard InChI is InChI=1S/C18H13BrClN3O3/c1-2-9-26-16-8-7-13(19)10-12(16)11-21-23-18(25)17(24)22-15-6-4-3-5-14(15)20/h1,3-8,10-11H,9H2,(H,22,24)(H,23,25)/b21-11+. The molecule has 26 heavy (non-hydrogen) atoms. The maximum Gasteiger partial charge on any atom is 0.329 e. The summed E-state index contributed by atoms with van der Waals surface area (Å²) >= 11 is 9.25. The predicted octanol–water partition coefficient (Wildman–Crippen LogP) is 3.20. The molecule has 0 aliphatic carbocycles. The van der Waals surface area contributed by atoms with E-state index in [2.05, 4.69) is 37.7 Å². The molecule has 0 bridgehead atoms. The highest BCUT2D eigenvalue weighted by Gasteiger charge is 2.14. The number of rotatable bonds is 5. The third-order valence-corrected chi connectivity index (χ3v) is 3.80. The van der Waals surface area contributed by atoms with Crippen LogP contribution in [0.5, 0.6) is 5.75 Å². The van der Waals surface area contributed by atoms with Crippen LogP contribution < -0.4 is 15.5 Å². The lowest BCUT2D eigenvalue weighted by atomic mass is 10.2. The molecule has 2 aromatic rings. The number of carbonyl (C=O) groups excluding carboxylic acids is 2. The van der Waals surface area contributed by atoms with E-state index in [1.165, 1.54) is 6.21 Å². The molecular weight excluding hydrogens is 422 g/mol. The number of halogens is 2. The van der Waals surface area contributed by atoms with Crippen LogP contribution in [0.1, 0.15) is 5.56 Å². The van der Waals surface area contributed by atoms with Gasteiger partial charge in [0.1, 0.15) is 12.4 Å². The minimum Gasteiger partial charge on any atom is -0.480 e. The molecule has 0 spiro atoms. The zero-order valence-electron chi connectivity index (χ0n) is 13.3. The molecule has 0 aliphatic rings. The highest BCUT2D eigenvalue weighted by molar-refractivity contribution is 9.10. The predicted molar refractivity (Wildman–Crippen MR) is 104 cm³/mol. The minimum absolute atomic E-state index is 0.0923. The molecule has 2 N–H and O–H groups in total. The number of ether oxygens (including phenoxy) is 1. The lowest BCUT2D eigenvalue weighted by molar-refractivity contribution is -0.136. The van der Waals surface area contributed by atoms with Gasteiger partial charge in [-0.2, -0.15) is 5.10 Å². The van der Waals surface area contributed by atoms with Gasteiger partial charge in [0, 0.05) is 10.0 Å². The van der Waals surface area contributed by atoms with E-state index in [1.807, 2.05) is 0 Å². The number of terminal acetylenes is 1. The molecule has 0 aliphatic heterocycles. The Labute approximate surface area is 163 Å². The highest BCUT2D eigenvalue weighted by Crippen LogP contribution is 2.22. The molecule has 2 aromatic carbocycles. The van der Waals surface area contributed by atoms with Gasteiger partial charge in [-0.25, -0.2) is 5.43 Å². The van der Waals surface area contributed by atoms with E-state index in [0.29, 0.717) is 22.0 Å². The molecule has 0 aromatic heterocycles. The first-order valence-electron chi connectivity index (χ1n) is 7.26. The number of hydrogen-bond acceptors (Lipinski definition) is 4. The first kappa shape index (κ1) is 19.5. The zero-order valence-corrected chi connectivity index (χ0v) is 15.7. The molecule has 0 heterocycles. The summed E-state index contributed by atoms with van der Waals surface area (Å²) in [6.07, 6.45) is 6.52. The van der Waals surface area contributed by atoms with E-state index < -0.39 is 11.8 Å². The number of hydrogen-bond donors (Lipinski definition) is 2. The van der Waals surface area contributed by atoms with Gasteiger partial charge >= 0.3 is 11.8 Å². The third-order valence-electron chi connectivity index (χ3n) is 2.98. The first-order valence-corrected chi connectivity index (χ1v) is 8.43. The van der Waals surface area contributed by atoms with Gasteiger partial charge in [-0.15, -0.1) is 6.42 Å². The summed E-state index contributed by atoms with van der Waals surface area (Å²) in [7, 11) is 0. The number of benzene rings is 2. The Morgan fingerprint density at radius 3 is 2.77 bits per heavy atom. The van der Waals surface area contributed by atoms with E-state index in [4.69, 9.17) is 22.8 Å². The van der Waals surface area contributed by atoms with Gasteiger partial charge in [-0.3, -0.25) is 9.59 Å². The first-order chi connectivity index (χ1) is 12.5. The van der Waals surface area contributed by atoms with Crippen LogP contribution in [0.3, 0.4) is 0 Å². The highest BCUT2D eigenvalue weighted by atomic mass is 79.9. The fourth-order valence-corrected chi connectivity index (χ4v) is 2.39. The zero-order chi connectivity index (χ0) is 18.9. The average Bonchev–Trinajstić information content (AvgIpc) is 2.62. The molecule has 2 rings (SSSR count). The maximum absolute atomic E-state index is 11.9. The number of para-hydroxylation sites is 1. The Bertz CT molecular complexity index is 893. The fraction of sp³-hybridized carbons (Fsp3) is 0.0556. The normalized spacial score (nSPS) is 10.2. The van der Waals surface area contributed by atoms with E-state index in [0.717, 1.165) is 4.47 Å². The van der Waals surface area contributed by atoms with E-state index in [-0.39, 0.29) is 6.61 Å². The number of anilines is 1. The van der Waals surface area contributed by atoms with Gasteiger partial charge in [0.15, 0.2) is 0 Å². The molecule has 0 unspecified atom stereocenters. The summed E-state index contributed by atoms with van der Waals surface area (Å²) < 4.78 is 6.17. The summed E-state index contributed by atoms with van der Waals surface area (Å²) in [6, 6.07) is 11.8. The molecule has 2 amide bonds.